The van der Waals surface area contributed by atoms with Crippen LogP contribution in [0.15, 0.2) is 64.6 Å². The molecule has 17 heavy (non-hydrogen) atoms. The summed E-state index contributed by atoms with van der Waals surface area (Å²) >= 11 is 3.74. The number of rotatable bonds is 4. The number of nitrogens with zero attached hydrogens (tertiary/aromatic N) is 1. The van der Waals surface area contributed by atoms with Crippen molar-refractivity contribution in [2.24, 2.45) is 7.05 Å². The largest absolute Gasteiger partial charge is 1.00 e. The minimum Gasteiger partial charge on any atom is -1.00 e. The molecule has 1 heterocycles. The Kier molecular flexibility index (Phi) is 6.48. The molecule has 0 aliphatic rings. The maximum atomic E-state index is 2.15. The van der Waals surface area contributed by atoms with Crippen LogP contribution < -0.4 is 17.0 Å². The van der Waals surface area contributed by atoms with Gasteiger partial charge in [0, 0.05) is 17.0 Å². The van der Waals surface area contributed by atoms with E-state index in [0.717, 1.165) is 5.08 Å². The SMILES string of the molecule is C[n+]1ccccc1SCSc1ccccc1.[Cl-]. The molecule has 0 saturated carbocycles. The molecule has 0 radical (unpaired) electrons. The van der Waals surface area contributed by atoms with Crippen LogP contribution >= 0.6 is 23.5 Å². The molecule has 2 aromatic rings. The van der Waals surface area contributed by atoms with Crippen molar-refractivity contribution in [1.82, 2.24) is 0 Å². The van der Waals surface area contributed by atoms with Gasteiger partial charge in [0.2, 0.25) is 5.03 Å². The van der Waals surface area contributed by atoms with Crippen LogP contribution in [0.25, 0.3) is 0 Å². The highest BCUT2D eigenvalue weighted by Gasteiger charge is 2.04. The zero-order valence-electron chi connectivity index (χ0n) is 9.54. The van der Waals surface area contributed by atoms with Crippen LogP contribution in [0.4, 0.5) is 0 Å². The molecule has 1 aromatic heterocycles. The summed E-state index contributed by atoms with van der Waals surface area (Å²) in [6, 6.07) is 16.8. The van der Waals surface area contributed by atoms with Crippen LogP contribution in [0.3, 0.4) is 0 Å². The summed E-state index contributed by atoms with van der Waals surface area (Å²) in [6.07, 6.45) is 2.08. The van der Waals surface area contributed by atoms with Gasteiger partial charge in [0.25, 0.3) is 0 Å². The van der Waals surface area contributed by atoms with E-state index < -0.39 is 0 Å². The fourth-order valence-corrected chi connectivity index (χ4v) is 3.38. The van der Waals surface area contributed by atoms with Gasteiger partial charge in [0.15, 0.2) is 6.20 Å². The highest BCUT2D eigenvalue weighted by atomic mass is 35.5. The van der Waals surface area contributed by atoms with Gasteiger partial charge in [-0.2, -0.15) is 4.57 Å². The van der Waals surface area contributed by atoms with Gasteiger partial charge in [0.05, 0.1) is 5.08 Å². The van der Waals surface area contributed by atoms with Crippen LogP contribution in [0.5, 0.6) is 0 Å². The molecular formula is C13H14ClNS2. The lowest BCUT2D eigenvalue weighted by atomic mass is 10.4. The number of pyridine rings is 1. The quantitative estimate of drug-likeness (QED) is 0.453. The lowest BCUT2D eigenvalue weighted by molar-refractivity contribution is -0.708. The molecule has 0 atom stereocenters. The van der Waals surface area contributed by atoms with Crippen molar-refractivity contribution in [2.75, 3.05) is 5.08 Å². The average Bonchev–Trinajstić information content (AvgIpc) is 2.33. The Hall–Kier alpha value is -0.640. The highest BCUT2D eigenvalue weighted by Crippen LogP contribution is 2.25. The fourth-order valence-electron chi connectivity index (χ4n) is 1.33. The summed E-state index contributed by atoms with van der Waals surface area (Å²) in [5.41, 5.74) is 0. The Balaban J connectivity index is 0.00000144. The van der Waals surface area contributed by atoms with Crippen LogP contribution in [0.1, 0.15) is 0 Å². The summed E-state index contributed by atoms with van der Waals surface area (Å²) in [5.74, 6) is 0. The summed E-state index contributed by atoms with van der Waals surface area (Å²) in [4.78, 5) is 1.33. The number of thioether (sulfide) groups is 2. The highest BCUT2D eigenvalue weighted by molar-refractivity contribution is 8.15. The first-order valence-corrected chi connectivity index (χ1v) is 7.09. The predicted molar refractivity (Wildman–Crippen MR) is 70.6 cm³/mol. The van der Waals surface area contributed by atoms with Crippen LogP contribution in [0, 0.1) is 0 Å². The molecule has 0 N–H and O–H groups in total. The topological polar surface area (TPSA) is 3.88 Å². The van der Waals surface area contributed by atoms with Crippen LogP contribution in [-0.4, -0.2) is 5.08 Å². The Morgan fingerprint density at radius 3 is 2.35 bits per heavy atom. The molecule has 0 unspecified atom stereocenters. The number of halogens is 1. The molecule has 2 rings (SSSR count). The summed E-state index contributed by atoms with van der Waals surface area (Å²) in [7, 11) is 2.08. The summed E-state index contributed by atoms with van der Waals surface area (Å²) in [6.45, 7) is 0. The van der Waals surface area contributed by atoms with Gasteiger partial charge in [-0.3, -0.25) is 0 Å². The van der Waals surface area contributed by atoms with Gasteiger partial charge >= 0.3 is 0 Å². The molecular weight excluding hydrogens is 270 g/mol. The molecule has 0 aliphatic carbocycles. The molecule has 0 bridgehead atoms. The van der Waals surface area contributed by atoms with Gasteiger partial charge in [0.1, 0.15) is 7.05 Å². The minimum absolute atomic E-state index is 0. The predicted octanol–water partition coefficient (Wildman–Crippen LogP) is 0.357. The monoisotopic (exact) mass is 283 g/mol. The van der Waals surface area contributed by atoms with Crippen molar-refractivity contribution in [3.05, 3.63) is 54.7 Å². The number of hydrogen-bond donors (Lipinski definition) is 0. The number of aromatic nitrogens is 1. The smallest absolute Gasteiger partial charge is 0.240 e. The van der Waals surface area contributed by atoms with E-state index in [4.69, 9.17) is 0 Å². The van der Waals surface area contributed by atoms with Gasteiger partial charge in [-0.25, -0.2) is 0 Å². The first kappa shape index (κ1) is 14.4. The van der Waals surface area contributed by atoms with E-state index in [1.807, 2.05) is 35.7 Å². The van der Waals surface area contributed by atoms with Crippen molar-refractivity contribution in [2.45, 2.75) is 9.92 Å². The second-order valence-electron chi connectivity index (χ2n) is 3.37. The minimum atomic E-state index is 0. The standard InChI is InChI=1S/C13H14NS2.ClH/c1-14-10-6-5-9-13(14)16-11-15-12-7-3-2-4-8-12;/h2-10H,11H2,1H3;1H/q+1;/p-1. The van der Waals surface area contributed by atoms with E-state index in [2.05, 4.69) is 54.2 Å². The van der Waals surface area contributed by atoms with Gasteiger partial charge in [-0.1, -0.05) is 18.2 Å². The first-order chi connectivity index (χ1) is 7.86. The van der Waals surface area contributed by atoms with Crippen molar-refractivity contribution >= 4 is 23.5 Å². The number of aryl methyl sites for hydroxylation is 1. The molecule has 0 amide bonds. The molecule has 1 nitrogen and oxygen atoms in total. The lowest BCUT2D eigenvalue weighted by Crippen LogP contribution is -3.00. The summed E-state index contributed by atoms with van der Waals surface area (Å²) < 4.78 is 2.15. The molecule has 0 saturated heterocycles. The molecule has 4 heteroatoms. The van der Waals surface area contributed by atoms with E-state index >= 15 is 0 Å². The van der Waals surface area contributed by atoms with Crippen molar-refractivity contribution in [3.8, 4) is 0 Å². The van der Waals surface area contributed by atoms with Gasteiger partial charge < -0.3 is 12.4 Å². The summed E-state index contributed by atoms with van der Waals surface area (Å²) in [5, 5.41) is 2.34. The first-order valence-electron chi connectivity index (χ1n) is 5.11. The third-order valence-corrected chi connectivity index (χ3v) is 4.45. The second kappa shape index (κ2) is 7.64. The van der Waals surface area contributed by atoms with Gasteiger partial charge in [-0.15, -0.1) is 11.8 Å². The fraction of sp³-hybridized carbons (Fsp3) is 0.154. The Morgan fingerprint density at radius 1 is 0.941 bits per heavy atom. The van der Waals surface area contributed by atoms with E-state index in [9.17, 15) is 0 Å². The van der Waals surface area contributed by atoms with Crippen LogP contribution in [0.2, 0.25) is 0 Å². The zero-order valence-corrected chi connectivity index (χ0v) is 11.9. The normalized spacial score (nSPS) is 9.71. The maximum absolute atomic E-state index is 2.15. The molecule has 0 fully saturated rings. The van der Waals surface area contributed by atoms with Gasteiger partial charge in [-0.05, 0) is 30.0 Å². The van der Waals surface area contributed by atoms with E-state index in [0.29, 0.717) is 0 Å². The number of hydrogen-bond acceptors (Lipinski definition) is 2. The Labute approximate surface area is 117 Å². The van der Waals surface area contributed by atoms with E-state index in [-0.39, 0.29) is 12.4 Å². The molecule has 90 valence electrons. The Bertz CT molecular complexity index is 448. The molecule has 1 aromatic carbocycles. The molecule has 0 spiro atoms. The second-order valence-corrected chi connectivity index (χ2v) is 5.78. The average molecular weight is 284 g/mol. The lowest BCUT2D eigenvalue weighted by Gasteiger charge is -2.00. The van der Waals surface area contributed by atoms with Crippen molar-refractivity contribution in [3.63, 3.8) is 0 Å². The van der Waals surface area contributed by atoms with E-state index in [1.54, 1.807) is 0 Å². The molecule has 0 aliphatic heterocycles. The third-order valence-electron chi connectivity index (χ3n) is 2.18. The maximum Gasteiger partial charge on any atom is 0.240 e. The number of benzene rings is 1. The zero-order chi connectivity index (χ0) is 11.2. The third kappa shape index (κ3) is 4.62. The van der Waals surface area contributed by atoms with Crippen LogP contribution in [-0.2, 0) is 7.05 Å². The van der Waals surface area contributed by atoms with Crippen molar-refractivity contribution < 1.29 is 17.0 Å². The Morgan fingerprint density at radius 2 is 1.65 bits per heavy atom. The van der Waals surface area contributed by atoms with E-state index in [1.165, 1.54) is 9.92 Å². The van der Waals surface area contributed by atoms with Crippen molar-refractivity contribution in [1.29, 1.82) is 0 Å².